The monoisotopic (exact) mass is 550 g/mol. The molecule has 0 aliphatic carbocycles. The van der Waals surface area contributed by atoms with Crippen molar-refractivity contribution in [1.29, 1.82) is 0 Å². The van der Waals surface area contributed by atoms with Crippen LogP contribution in [0.5, 0.6) is 0 Å². The summed E-state index contributed by atoms with van der Waals surface area (Å²) in [6.45, 7) is 3.29. The fourth-order valence-corrected chi connectivity index (χ4v) is 8.02. The number of rotatable bonds is 8. The molecule has 0 aromatic heterocycles. The summed E-state index contributed by atoms with van der Waals surface area (Å²) < 4.78 is 0.0374. The number of nitrogens with zero attached hydrogens (tertiary/aromatic N) is 2. The first-order valence-electron chi connectivity index (χ1n) is 13.2. The molecule has 4 heteroatoms. The molecule has 2 atom stereocenters. The van der Waals surface area contributed by atoms with Crippen LogP contribution in [0.25, 0.3) is 0 Å². The number of amides is 1. The van der Waals surface area contributed by atoms with E-state index in [4.69, 9.17) is 0 Å². The van der Waals surface area contributed by atoms with Gasteiger partial charge in [0.2, 0.25) is 0 Å². The van der Waals surface area contributed by atoms with Crippen LogP contribution in [0.4, 0.5) is 0 Å². The average molecular weight is 551 g/mol. The molecule has 2 unspecified atom stereocenters. The minimum atomic E-state index is -0.474. The van der Waals surface area contributed by atoms with Crippen LogP contribution in [-0.2, 0) is 4.79 Å². The summed E-state index contributed by atoms with van der Waals surface area (Å²) in [7, 11) is 0. The Hall–Kier alpha value is -3.13. The Morgan fingerprint density at radius 1 is 0.595 bits per heavy atom. The second-order valence-corrected chi connectivity index (χ2v) is 12.2. The SMILES string of the molecule is C[AsH]C(C(=O)N1CCN(C(c2ccccc2)c2ccccc2)CC1)C(c1ccccc1)c1ccccc1. The molecule has 1 fully saturated rings. The van der Waals surface area contributed by atoms with E-state index in [2.05, 4.69) is 137 Å². The molecular weight excluding hydrogens is 515 g/mol. The van der Waals surface area contributed by atoms with Crippen molar-refractivity contribution < 1.29 is 4.79 Å². The Morgan fingerprint density at radius 3 is 1.35 bits per heavy atom. The van der Waals surface area contributed by atoms with Crippen LogP contribution in [0.2, 0.25) is 10.4 Å². The number of hydrogen-bond donors (Lipinski definition) is 0. The van der Waals surface area contributed by atoms with Crippen LogP contribution in [0, 0.1) is 0 Å². The van der Waals surface area contributed by atoms with Crippen LogP contribution in [0.1, 0.15) is 34.2 Å². The molecule has 1 heterocycles. The van der Waals surface area contributed by atoms with Crippen molar-refractivity contribution in [2.24, 2.45) is 0 Å². The summed E-state index contributed by atoms with van der Waals surface area (Å²) in [4.78, 5) is 18.8. The molecule has 37 heavy (non-hydrogen) atoms. The fourth-order valence-electron chi connectivity index (χ4n) is 5.61. The van der Waals surface area contributed by atoms with E-state index in [1.54, 1.807) is 0 Å². The zero-order valence-electron chi connectivity index (χ0n) is 21.4. The number of piperazine rings is 1. The molecule has 188 valence electrons. The van der Waals surface area contributed by atoms with E-state index in [0.29, 0.717) is 5.91 Å². The quantitative estimate of drug-likeness (QED) is 0.251. The predicted octanol–water partition coefficient (Wildman–Crippen LogP) is 6.03. The maximum absolute atomic E-state index is 14.1. The summed E-state index contributed by atoms with van der Waals surface area (Å²) in [6.07, 6.45) is 0. The van der Waals surface area contributed by atoms with Crippen LogP contribution in [-0.4, -0.2) is 57.6 Å². The van der Waals surface area contributed by atoms with Gasteiger partial charge in [-0.2, -0.15) is 0 Å². The zero-order valence-corrected chi connectivity index (χ0v) is 23.5. The Kier molecular flexibility index (Phi) is 8.56. The number of hydrogen-bond acceptors (Lipinski definition) is 2. The van der Waals surface area contributed by atoms with Crippen molar-refractivity contribution in [3.05, 3.63) is 144 Å². The van der Waals surface area contributed by atoms with Crippen molar-refractivity contribution >= 4 is 21.7 Å². The normalized spacial score (nSPS) is 15.5. The van der Waals surface area contributed by atoms with Gasteiger partial charge in [0.25, 0.3) is 0 Å². The number of carbonyl (C=O) groups excluding carboxylic acids is 1. The van der Waals surface area contributed by atoms with Crippen molar-refractivity contribution in [3.63, 3.8) is 0 Å². The van der Waals surface area contributed by atoms with Gasteiger partial charge >= 0.3 is 228 Å². The molecule has 1 aliphatic rings. The Balaban J connectivity index is 1.36. The Morgan fingerprint density at radius 2 is 0.973 bits per heavy atom. The van der Waals surface area contributed by atoms with Crippen LogP contribution in [0.15, 0.2) is 121 Å². The molecule has 1 saturated heterocycles. The van der Waals surface area contributed by atoms with Gasteiger partial charge in [0.05, 0.1) is 0 Å². The summed E-state index contributed by atoms with van der Waals surface area (Å²) >= 11 is -0.474. The van der Waals surface area contributed by atoms with Gasteiger partial charge in [0, 0.05) is 0 Å². The van der Waals surface area contributed by atoms with E-state index in [1.165, 1.54) is 22.3 Å². The van der Waals surface area contributed by atoms with Gasteiger partial charge in [0.1, 0.15) is 0 Å². The van der Waals surface area contributed by atoms with E-state index < -0.39 is 15.8 Å². The molecule has 1 amide bonds. The molecule has 3 nitrogen and oxygen atoms in total. The summed E-state index contributed by atoms with van der Waals surface area (Å²) in [6, 6.07) is 42.9. The second kappa shape index (κ2) is 12.4. The van der Waals surface area contributed by atoms with Crippen LogP contribution >= 0.6 is 0 Å². The predicted molar refractivity (Wildman–Crippen MR) is 154 cm³/mol. The summed E-state index contributed by atoms with van der Waals surface area (Å²) in [5.74, 6) is 0.440. The van der Waals surface area contributed by atoms with E-state index >= 15 is 0 Å². The molecule has 0 N–H and O–H groups in total. The molecule has 0 bridgehead atoms. The van der Waals surface area contributed by atoms with Crippen LogP contribution < -0.4 is 0 Å². The van der Waals surface area contributed by atoms with E-state index in [1.807, 2.05) is 0 Å². The van der Waals surface area contributed by atoms with Crippen LogP contribution in [0.3, 0.4) is 0 Å². The third kappa shape index (κ3) is 5.90. The number of benzene rings is 4. The molecule has 4 aromatic rings. The van der Waals surface area contributed by atoms with Gasteiger partial charge in [0.15, 0.2) is 0 Å². The maximum atomic E-state index is 14.1. The second-order valence-electron chi connectivity index (χ2n) is 9.65. The Bertz CT molecular complexity index is 1160. The van der Waals surface area contributed by atoms with Gasteiger partial charge in [-0.3, -0.25) is 0 Å². The zero-order chi connectivity index (χ0) is 25.5. The average Bonchev–Trinajstić information content (AvgIpc) is 2.98. The van der Waals surface area contributed by atoms with Crippen molar-refractivity contribution in [2.45, 2.75) is 22.4 Å². The van der Waals surface area contributed by atoms with Gasteiger partial charge in [-0.15, -0.1) is 0 Å². The fraction of sp³-hybridized carbons (Fsp3) is 0.242. The van der Waals surface area contributed by atoms with Gasteiger partial charge in [-0.05, 0) is 0 Å². The van der Waals surface area contributed by atoms with E-state index in [0.717, 1.165) is 26.2 Å². The van der Waals surface area contributed by atoms with Gasteiger partial charge < -0.3 is 0 Å². The minimum absolute atomic E-state index is 0.0374. The topological polar surface area (TPSA) is 23.6 Å². The first kappa shape index (κ1) is 25.5. The molecule has 0 radical (unpaired) electrons. The number of carbonyl (C=O) groups is 1. The molecular formula is C33H35AsN2O. The Labute approximate surface area is 227 Å². The summed E-state index contributed by atoms with van der Waals surface area (Å²) in [5.41, 5.74) is 7.37. The first-order valence-corrected chi connectivity index (χ1v) is 16.5. The molecule has 5 rings (SSSR count). The van der Waals surface area contributed by atoms with E-state index in [9.17, 15) is 4.79 Å². The molecule has 0 saturated carbocycles. The van der Waals surface area contributed by atoms with Crippen molar-refractivity contribution in [1.82, 2.24) is 9.80 Å². The standard InChI is InChI=1S/C33H35AsN2O/c1-34-31(30(26-14-6-2-7-15-26)27-16-8-3-9-17-27)33(37)36-24-22-35(23-25-36)32(28-18-10-4-11-19-28)29-20-12-5-13-21-29/h2-21,30-32,34H,22-25H2,1H3. The van der Waals surface area contributed by atoms with Gasteiger partial charge in [-0.25, -0.2) is 0 Å². The third-order valence-corrected chi connectivity index (χ3v) is 9.97. The molecule has 1 aliphatic heterocycles. The first-order chi connectivity index (χ1) is 18.3. The van der Waals surface area contributed by atoms with Gasteiger partial charge in [-0.1, -0.05) is 0 Å². The van der Waals surface area contributed by atoms with Crippen molar-refractivity contribution in [3.8, 4) is 0 Å². The summed E-state index contributed by atoms with van der Waals surface area (Å²) in [5, 5.41) is 0. The molecule has 0 spiro atoms. The van der Waals surface area contributed by atoms with Crippen molar-refractivity contribution in [2.75, 3.05) is 26.2 Å². The molecule has 4 aromatic carbocycles. The van der Waals surface area contributed by atoms with E-state index in [-0.39, 0.29) is 16.7 Å². The third-order valence-electron chi connectivity index (χ3n) is 7.45.